The van der Waals surface area contributed by atoms with Gasteiger partial charge in [-0.05, 0) is 43.7 Å². The maximum absolute atomic E-state index is 12.2. The third-order valence-corrected chi connectivity index (χ3v) is 5.63. The molecule has 0 radical (unpaired) electrons. The van der Waals surface area contributed by atoms with E-state index in [1.165, 1.54) is 28.5 Å². The first-order chi connectivity index (χ1) is 11.6. The number of thioether (sulfide) groups is 1. The summed E-state index contributed by atoms with van der Waals surface area (Å²) in [6.07, 6.45) is 4.36. The van der Waals surface area contributed by atoms with Gasteiger partial charge in [0.25, 0.3) is 5.91 Å². The van der Waals surface area contributed by atoms with Gasteiger partial charge in [0.15, 0.2) is 11.1 Å². The molecule has 5 heteroatoms. The van der Waals surface area contributed by atoms with Gasteiger partial charge in [-0.1, -0.05) is 48.4 Å². The number of hydrogen-bond acceptors (Lipinski definition) is 4. The van der Waals surface area contributed by atoms with E-state index in [-0.39, 0.29) is 11.8 Å². The number of amides is 1. The molecule has 0 spiro atoms. The first-order valence-electron chi connectivity index (χ1n) is 8.38. The smallest absolute Gasteiger partial charge is 0.271 e. The third-order valence-electron chi connectivity index (χ3n) is 4.74. The molecule has 0 saturated heterocycles. The maximum atomic E-state index is 12.2. The van der Waals surface area contributed by atoms with Crippen LogP contribution in [0.2, 0.25) is 0 Å². The molecule has 1 saturated carbocycles. The number of amidine groups is 1. The lowest BCUT2D eigenvalue weighted by molar-refractivity contribution is -0.118. The highest BCUT2D eigenvalue weighted by atomic mass is 32.2. The molecular weight excluding hydrogens is 318 g/mol. The Kier molecular flexibility index (Phi) is 5.15. The number of nitriles is 1. The minimum Gasteiger partial charge on any atom is -0.271 e. The first kappa shape index (κ1) is 16.9. The maximum Gasteiger partial charge on any atom is 0.271 e. The lowest BCUT2D eigenvalue weighted by atomic mass is 9.90. The highest BCUT2D eigenvalue weighted by molar-refractivity contribution is 8.13. The number of carbonyl (C=O) groups excluding carboxylic acids is 1. The topological polar surface area (TPSA) is 65.6 Å². The highest BCUT2D eigenvalue weighted by Crippen LogP contribution is 2.32. The van der Waals surface area contributed by atoms with Crippen molar-refractivity contribution < 1.29 is 4.79 Å². The largest absolute Gasteiger partial charge is 0.271 e. The van der Waals surface area contributed by atoms with E-state index in [2.05, 4.69) is 48.1 Å². The van der Waals surface area contributed by atoms with Crippen LogP contribution in [0.25, 0.3) is 0 Å². The van der Waals surface area contributed by atoms with Crippen LogP contribution < -0.4 is 0 Å². The minimum absolute atomic E-state index is 0.269. The fourth-order valence-electron chi connectivity index (χ4n) is 3.32. The monoisotopic (exact) mass is 339 g/mol. The van der Waals surface area contributed by atoms with E-state index in [4.69, 9.17) is 0 Å². The van der Waals surface area contributed by atoms with Gasteiger partial charge in [-0.25, -0.2) is 4.99 Å². The summed E-state index contributed by atoms with van der Waals surface area (Å²) in [5.74, 6) is -0.125. The number of benzene rings is 1. The second-order valence-electron chi connectivity index (χ2n) is 6.53. The summed E-state index contributed by atoms with van der Waals surface area (Å²) in [5, 5.41) is 9.83. The predicted molar refractivity (Wildman–Crippen MR) is 98.1 cm³/mol. The summed E-state index contributed by atoms with van der Waals surface area (Å²) in [6.45, 7) is 4.16. The Bertz CT molecular complexity index is 754. The van der Waals surface area contributed by atoms with Crippen molar-refractivity contribution in [2.24, 2.45) is 21.8 Å². The Labute approximate surface area is 147 Å². The zero-order valence-corrected chi connectivity index (χ0v) is 14.9. The van der Waals surface area contributed by atoms with Gasteiger partial charge >= 0.3 is 0 Å². The summed E-state index contributed by atoms with van der Waals surface area (Å²) in [6, 6.07) is 8.46. The quantitative estimate of drug-likeness (QED) is 0.829. The van der Waals surface area contributed by atoms with Crippen LogP contribution in [0.5, 0.6) is 0 Å². The lowest BCUT2D eigenvalue weighted by Gasteiger charge is -2.20. The molecule has 3 rings (SSSR count). The van der Waals surface area contributed by atoms with Gasteiger partial charge in [0.2, 0.25) is 0 Å². The van der Waals surface area contributed by atoms with Crippen LogP contribution in [0.4, 0.5) is 0 Å². The Morgan fingerprint density at radius 1 is 1.25 bits per heavy atom. The van der Waals surface area contributed by atoms with E-state index >= 15 is 0 Å². The second-order valence-corrected chi connectivity index (χ2v) is 7.47. The highest BCUT2D eigenvalue weighted by Gasteiger charge is 2.35. The normalized spacial score (nSPS) is 21.4. The van der Waals surface area contributed by atoms with E-state index in [1.54, 1.807) is 0 Å². The Balaban J connectivity index is 1.78. The molecule has 124 valence electrons. The SMILES string of the molecule is Cc1ccc(C)c(CSC2=NC(=O)C(C#N)C(C3CCCC3)=N2)c1. The van der Waals surface area contributed by atoms with Gasteiger partial charge in [0, 0.05) is 5.75 Å². The standard InChI is InChI=1S/C19H21N3OS/c1-12-7-8-13(2)15(9-12)11-24-19-21-17(14-5-3-4-6-14)16(10-20)18(23)22-19/h7-9,14,16H,3-6,11H2,1-2H3. The van der Waals surface area contributed by atoms with Crippen molar-refractivity contribution in [2.75, 3.05) is 0 Å². The third kappa shape index (κ3) is 3.59. The molecule has 0 aromatic heterocycles. The second kappa shape index (κ2) is 7.31. The molecule has 1 atom stereocenters. The van der Waals surface area contributed by atoms with Gasteiger partial charge in [-0.2, -0.15) is 10.3 Å². The van der Waals surface area contributed by atoms with E-state index in [9.17, 15) is 10.1 Å². The molecule has 1 aromatic rings. The molecule has 1 amide bonds. The van der Waals surface area contributed by atoms with Crippen LogP contribution in [0.1, 0.15) is 42.4 Å². The molecule has 1 aliphatic heterocycles. The molecular formula is C19H21N3OS. The molecule has 1 aliphatic carbocycles. The zero-order chi connectivity index (χ0) is 17.1. The Morgan fingerprint density at radius 2 is 2.00 bits per heavy atom. The molecule has 1 fully saturated rings. The molecule has 24 heavy (non-hydrogen) atoms. The van der Waals surface area contributed by atoms with Crippen molar-refractivity contribution >= 4 is 28.5 Å². The van der Waals surface area contributed by atoms with E-state index in [0.29, 0.717) is 5.17 Å². The van der Waals surface area contributed by atoms with Gasteiger partial charge in [0.1, 0.15) is 0 Å². The molecule has 4 nitrogen and oxygen atoms in total. The van der Waals surface area contributed by atoms with Crippen LogP contribution in [-0.2, 0) is 10.5 Å². The van der Waals surface area contributed by atoms with Crippen molar-refractivity contribution in [1.29, 1.82) is 5.26 Å². The lowest BCUT2D eigenvalue weighted by Crippen LogP contribution is -2.31. The van der Waals surface area contributed by atoms with Crippen molar-refractivity contribution in [3.05, 3.63) is 34.9 Å². The van der Waals surface area contributed by atoms with E-state index < -0.39 is 5.92 Å². The minimum atomic E-state index is -0.779. The Hall–Kier alpha value is -1.93. The molecule has 1 heterocycles. The van der Waals surface area contributed by atoms with E-state index in [1.807, 2.05) is 0 Å². The summed E-state index contributed by atoms with van der Waals surface area (Å²) < 4.78 is 0. The number of nitrogens with zero attached hydrogens (tertiary/aromatic N) is 3. The molecule has 0 bridgehead atoms. The van der Waals surface area contributed by atoms with Gasteiger partial charge in [-0.15, -0.1) is 0 Å². The first-order valence-corrected chi connectivity index (χ1v) is 9.36. The van der Waals surface area contributed by atoms with Crippen LogP contribution >= 0.6 is 11.8 Å². The van der Waals surface area contributed by atoms with Crippen molar-refractivity contribution in [3.8, 4) is 6.07 Å². The number of aryl methyl sites for hydroxylation is 2. The van der Waals surface area contributed by atoms with Crippen LogP contribution in [0.3, 0.4) is 0 Å². The van der Waals surface area contributed by atoms with Crippen molar-refractivity contribution in [2.45, 2.75) is 45.3 Å². The van der Waals surface area contributed by atoms with Crippen molar-refractivity contribution in [1.82, 2.24) is 0 Å². The number of carbonyl (C=O) groups is 1. The van der Waals surface area contributed by atoms with Gasteiger partial charge in [-0.3, -0.25) is 4.79 Å². The fraction of sp³-hybridized carbons (Fsp3) is 0.474. The summed E-state index contributed by atoms with van der Waals surface area (Å²) in [4.78, 5) is 20.9. The summed E-state index contributed by atoms with van der Waals surface area (Å²) in [5.41, 5.74) is 4.43. The van der Waals surface area contributed by atoms with Gasteiger partial charge in [0.05, 0.1) is 11.8 Å². The van der Waals surface area contributed by atoms with E-state index in [0.717, 1.165) is 37.1 Å². The zero-order valence-electron chi connectivity index (χ0n) is 14.1. The van der Waals surface area contributed by atoms with Crippen LogP contribution in [-0.4, -0.2) is 16.8 Å². The van der Waals surface area contributed by atoms with Crippen LogP contribution in [0.15, 0.2) is 28.2 Å². The summed E-state index contributed by atoms with van der Waals surface area (Å²) in [7, 11) is 0. The Morgan fingerprint density at radius 3 is 2.71 bits per heavy atom. The summed E-state index contributed by atoms with van der Waals surface area (Å²) >= 11 is 1.48. The molecule has 0 N–H and O–H groups in total. The predicted octanol–water partition coefficient (Wildman–Crippen LogP) is 4.20. The molecule has 1 unspecified atom stereocenters. The number of aliphatic imine (C=N–C) groups is 2. The fourth-order valence-corrected chi connectivity index (χ4v) is 4.24. The number of rotatable bonds is 3. The molecule has 2 aliphatic rings. The van der Waals surface area contributed by atoms with Gasteiger partial charge < -0.3 is 0 Å². The van der Waals surface area contributed by atoms with Crippen LogP contribution in [0, 0.1) is 37.0 Å². The average Bonchev–Trinajstić information content (AvgIpc) is 3.09. The number of hydrogen-bond donors (Lipinski definition) is 0. The average molecular weight is 339 g/mol. The van der Waals surface area contributed by atoms with Crippen molar-refractivity contribution in [3.63, 3.8) is 0 Å². The molecule has 1 aromatic carbocycles.